The Balaban J connectivity index is 2.11. The number of carbonyl (C=O) groups excluding carboxylic acids is 2. The lowest BCUT2D eigenvalue weighted by atomic mass is 9.83. The molecule has 0 radical (unpaired) electrons. The minimum atomic E-state index is -0.280. The quantitative estimate of drug-likeness (QED) is 0.614. The number of hydrogen-bond acceptors (Lipinski definition) is 3. The van der Waals surface area contributed by atoms with Gasteiger partial charge < -0.3 is 4.74 Å². The number of methoxy groups -OCH3 is 1. The van der Waals surface area contributed by atoms with Crippen LogP contribution in [0.1, 0.15) is 51.2 Å². The van der Waals surface area contributed by atoms with Crippen molar-refractivity contribution in [2.75, 3.05) is 7.11 Å². The summed E-state index contributed by atoms with van der Waals surface area (Å²) < 4.78 is 4.73. The van der Waals surface area contributed by atoms with E-state index in [0.717, 1.165) is 11.1 Å². The van der Waals surface area contributed by atoms with Crippen molar-refractivity contribution in [1.82, 2.24) is 0 Å². The predicted octanol–water partition coefficient (Wildman–Crippen LogP) is 3.91. The Morgan fingerprint density at radius 2 is 1.86 bits per heavy atom. The minimum Gasteiger partial charge on any atom is -0.469 e. The van der Waals surface area contributed by atoms with Crippen LogP contribution in [0.4, 0.5) is 0 Å². The SMILES string of the molecule is COC(=O)C1CC/C(=C\c2ccc(C(C)(C)C)cc2)C(=O)C1. The van der Waals surface area contributed by atoms with Crippen molar-refractivity contribution >= 4 is 17.8 Å². The van der Waals surface area contributed by atoms with Gasteiger partial charge in [0.2, 0.25) is 0 Å². The molecule has 1 aromatic rings. The van der Waals surface area contributed by atoms with E-state index in [2.05, 4.69) is 32.9 Å². The van der Waals surface area contributed by atoms with Gasteiger partial charge in [-0.15, -0.1) is 0 Å². The molecule has 0 N–H and O–H groups in total. The minimum absolute atomic E-state index is 0.0570. The fourth-order valence-corrected chi connectivity index (χ4v) is 2.73. The maximum atomic E-state index is 12.2. The number of benzene rings is 1. The van der Waals surface area contributed by atoms with Crippen molar-refractivity contribution in [2.24, 2.45) is 5.92 Å². The van der Waals surface area contributed by atoms with E-state index in [-0.39, 0.29) is 29.5 Å². The molecule has 0 aromatic heterocycles. The van der Waals surface area contributed by atoms with Crippen LogP contribution in [0.5, 0.6) is 0 Å². The van der Waals surface area contributed by atoms with Crippen LogP contribution in [-0.2, 0) is 19.7 Å². The molecule has 2 rings (SSSR count). The van der Waals surface area contributed by atoms with Gasteiger partial charge in [-0.05, 0) is 41.0 Å². The monoisotopic (exact) mass is 300 g/mol. The summed E-state index contributed by atoms with van der Waals surface area (Å²) in [6, 6.07) is 8.31. The molecule has 0 heterocycles. The third kappa shape index (κ3) is 3.85. The van der Waals surface area contributed by atoms with Crippen molar-refractivity contribution in [3.8, 4) is 0 Å². The van der Waals surface area contributed by atoms with Gasteiger partial charge in [-0.25, -0.2) is 0 Å². The third-order valence-corrected chi connectivity index (χ3v) is 4.20. The summed E-state index contributed by atoms with van der Waals surface area (Å²) in [5.41, 5.74) is 3.24. The smallest absolute Gasteiger partial charge is 0.309 e. The van der Waals surface area contributed by atoms with Crippen molar-refractivity contribution in [2.45, 2.75) is 45.4 Å². The number of allylic oxidation sites excluding steroid dienone is 1. The highest BCUT2D eigenvalue weighted by atomic mass is 16.5. The fraction of sp³-hybridized carbons (Fsp3) is 0.474. The van der Waals surface area contributed by atoms with Gasteiger partial charge in [0.15, 0.2) is 5.78 Å². The highest BCUT2D eigenvalue weighted by Crippen LogP contribution is 2.28. The second kappa shape index (κ2) is 6.47. The van der Waals surface area contributed by atoms with Crippen LogP contribution in [0.25, 0.3) is 6.08 Å². The first-order chi connectivity index (χ1) is 10.3. The highest BCUT2D eigenvalue weighted by Gasteiger charge is 2.29. The zero-order valence-corrected chi connectivity index (χ0v) is 13.8. The fourth-order valence-electron chi connectivity index (χ4n) is 2.73. The molecular weight excluding hydrogens is 276 g/mol. The Kier molecular flexibility index (Phi) is 4.84. The lowest BCUT2D eigenvalue weighted by Crippen LogP contribution is -2.25. The lowest BCUT2D eigenvalue weighted by Gasteiger charge is -2.21. The number of carbonyl (C=O) groups is 2. The zero-order valence-electron chi connectivity index (χ0n) is 13.8. The van der Waals surface area contributed by atoms with E-state index in [9.17, 15) is 9.59 Å². The molecule has 0 aliphatic heterocycles. The molecule has 1 aromatic carbocycles. The molecule has 1 aliphatic rings. The standard InChI is InChI=1S/C19H24O3/c1-19(2,3)16-9-5-13(6-10-16)11-14-7-8-15(12-17(14)20)18(21)22-4/h5-6,9-11,15H,7-8,12H2,1-4H3/b14-11+. The molecule has 22 heavy (non-hydrogen) atoms. The molecular formula is C19H24O3. The molecule has 118 valence electrons. The van der Waals surface area contributed by atoms with E-state index in [0.29, 0.717) is 12.8 Å². The van der Waals surface area contributed by atoms with Crippen molar-refractivity contribution in [1.29, 1.82) is 0 Å². The van der Waals surface area contributed by atoms with E-state index in [1.165, 1.54) is 12.7 Å². The Hall–Kier alpha value is -1.90. The van der Waals surface area contributed by atoms with Crippen molar-refractivity contribution in [3.63, 3.8) is 0 Å². The number of hydrogen-bond donors (Lipinski definition) is 0. The lowest BCUT2D eigenvalue weighted by molar-refractivity contribution is -0.147. The topological polar surface area (TPSA) is 43.4 Å². The van der Waals surface area contributed by atoms with E-state index < -0.39 is 0 Å². The summed E-state index contributed by atoms with van der Waals surface area (Å²) in [6.07, 6.45) is 3.53. The molecule has 0 spiro atoms. The average molecular weight is 300 g/mol. The summed E-state index contributed by atoms with van der Waals surface area (Å²) in [5, 5.41) is 0. The van der Waals surface area contributed by atoms with E-state index in [1.54, 1.807) is 0 Å². The van der Waals surface area contributed by atoms with Gasteiger partial charge in [0, 0.05) is 6.42 Å². The number of ether oxygens (including phenoxy) is 1. The summed E-state index contributed by atoms with van der Waals surface area (Å²) in [4.78, 5) is 23.7. The van der Waals surface area contributed by atoms with Gasteiger partial charge in [0.25, 0.3) is 0 Å². The molecule has 0 saturated heterocycles. The first-order valence-electron chi connectivity index (χ1n) is 7.73. The van der Waals surface area contributed by atoms with E-state index in [1.807, 2.05) is 18.2 Å². The largest absolute Gasteiger partial charge is 0.469 e. The Morgan fingerprint density at radius 3 is 2.36 bits per heavy atom. The maximum Gasteiger partial charge on any atom is 0.309 e. The summed E-state index contributed by atoms with van der Waals surface area (Å²) in [7, 11) is 1.37. The van der Waals surface area contributed by atoms with E-state index >= 15 is 0 Å². The second-order valence-electron chi connectivity index (χ2n) is 6.93. The highest BCUT2D eigenvalue weighted by molar-refractivity contribution is 6.02. The second-order valence-corrected chi connectivity index (χ2v) is 6.93. The van der Waals surface area contributed by atoms with Crippen LogP contribution >= 0.6 is 0 Å². The van der Waals surface area contributed by atoms with Crippen molar-refractivity contribution in [3.05, 3.63) is 41.0 Å². The summed E-state index contributed by atoms with van der Waals surface area (Å²) >= 11 is 0. The number of esters is 1. The van der Waals surface area contributed by atoms with Crippen molar-refractivity contribution < 1.29 is 14.3 Å². The van der Waals surface area contributed by atoms with Gasteiger partial charge in [-0.3, -0.25) is 9.59 Å². The third-order valence-electron chi connectivity index (χ3n) is 4.20. The summed E-state index contributed by atoms with van der Waals surface area (Å²) in [5.74, 6) is -0.499. The van der Waals surface area contributed by atoms with Gasteiger partial charge in [-0.1, -0.05) is 45.0 Å². The average Bonchev–Trinajstić information content (AvgIpc) is 2.48. The Bertz CT molecular complexity index is 588. The molecule has 1 aliphatic carbocycles. The van der Waals surface area contributed by atoms with Gasteiger partial charge in [0.05, 0.1) is 13.0 Å². The zero-order chi connectivity index (χ0) is 16.3. The van der Waals surface area contributed by atoms with Gasteiger partial charge >= 0.3 is 5.97 Å². The normalized spacial score (nSPS) is 21.0. The first kappa shape index (κ1) is 16.5. The summed E-state index contributed by atoms with van der Waals surface area (Å²) in [6.45, 7) is 6.54. The van der Waals surface area contributed by atoms with Gasteiger partial charge in [-0.2, -0.15) is 0 Å². The molecule has 3 nitrogen and oxygen atoms in total. The van der Waals surface area contributed by atoms with Crippen LogP contribution in [0, 0.1) is 5.92 Å². The maximum absolute atomic E-state index is 12.2. The Labute approximate surface area is 132 Å². The number of rotatable bonds is 2. The van der Waals surface area contributed by atoms with Crippen LogP contribution in [0.15, 0.2) is 29.8 Å². The number of Topliss-reactive ketones (excluding diaryl/α,β-unsaturated/α-hetero) is 1. The van der Waals surface area contributed by atoms with Crippen LogP contribution < -0.4 is 0 Å². The van der Waals surface area contributed by atoms with E-state index in [4.69, 9.17) is 4.74 Å². The molecule has 1 atom stereocenters. The molecule has 1 saturated carbocycles. The molecule has 0 bridgehead atoms. The first-order valence-corrected chi connectivity index (χ1v) is 7.73. The van der Waals surface area contributed by atoms with Gasteiger partial charge in [0.1, 0.15) is 0 Å². The molecule has 1 unspecified atom stereocenters. The number of ketones is 1. The molecule has 3 heteroatoms. The van der Waals surface area contributed by atoms with Crippen LogP contribution in [0.2, 0.25) is 0 Å². The molecule has 1 fully saturated rings. The predicted molar refractivity (Wildman–Crippen MR) is 87.5 cm³/mol. The Morgan fingerprint density at radius 1 is 1.23 bits per heavy atom. The van der Waals surface area contributed by atoms with Crippen LogP contribution in [-0.4, -0.2) is 18.9 Å². The van der Waals surface area contributed by atoms with Crippen LogP contribution in [0.3, 0.4) is 0 Å². The molecule has 0 amide bonds.